The first-order chi connectivity index (χ1) is 13.4. The molecule has 148 valence electrons. The molecule has 28 heavy (non-hydrogen) atoms. The summed E-state index contributed by atoms with van der Waals surface area (Å²) in [6.45, 7) is 7.02. The van der Waals surface area contributed by atoms with Crippen molar-refractivity contribution in [3.05, 3.63) is 58.7 Å². The summed E-state index contributed by atoms with van der Waals surface area (Å²) in [5.74, 6) is 1.48. The zero-order valence-electron chi connectivity index (χ0n) is 17.0. The third kappa shape index (κ3) is 4.19. The van der Waals surface area contributed by atoms with Gasteiger partial charge in [0.2, 0.25) is 0 Å². The predicted octanol–water partition coefficient (Wildman–Crippen LogP) is 4.12. The van der Waals surface area contributed by atoms with Gasteiger partial charge >= 0.3 is 0 Å². The molecule has 5 heteroatoms. The lowest BCUT2D eigenvalue weighted by Crippen LogP contribution is -2.31. The van der Waals surface area contributed by atoms with Gasteiger partial charge in [-0.15, -0.1) is 0 Å². The summed E-state index contributed by atoms with van der Waals surface area (Å²) in [4.78, 5) is 26.5. The molecule has 0 saturated heterocycles. The Morgan fingerprint density at radius 3 is 2.54 bits per heavy atom. The van der Waals surface area contributed by atoms with Crippen molar-refractivity contribution in [2.45, 2.75) is 39.7 Å². The van der Waals surface area contributed by atoms with Crippen LogP contribution >= 0.6 is 0 Å². The van der Waals surface area contributed by atoms with E-state index in [1.165, 1.54) is 0 Å². The van der Waals surface area contributed by atoms with Crippen molar-refractivity contribution in [3.63, 3.8) is 0 Å². The van der Waals surface area contributed by atoms with E-state index >= 15 is 0 Å². The number of ketones is 1. The SMILES string of the molecule is CCOc1ccc(CN(C)C(=O)COc2ccc(C)c3c2C(=O)C[C@@H]3C)cc1. The van der Waals surface area contributed by atoms with Crippen molar-refractivity contribution in [1.82, 2.24) is 4.90 Å². The van der Waals surface area contributed by atoms with Gasteiger partial charge in [0, 0.05) is 20.0 Å². The summed E-state index contributed by atoms with van der Waals surface area (Å²) >= 11 is 0. The number of carbonyl (C=O) groups is 2. The second-order valence-electron chi connectivity index (χ2n) is 7.31. The topological polar surface area (TPSA) is 55.8 Å². The Morgan fingerprint density at radius 2 is 1.86 bits per heavy atom. The van der Waals surface area contributed by atoms with Gasteiger partial charge in [0.15, 0.2) is 12.4 Å². The fraction of sp³-hybridized carbons (Fsp3) is 0.391. The number of benzene rings is 2. The number of likely N-dealkylation sites (N-methyl/N-ethyl adjacent to an activating group) is 1. The molecule has 0 aromatic heterocycles. The highest BCUT2D eigenvalue weighted by molar-refractivity contribution is 6.04. The van der Waals surface area contributed by atoms with Gasteiger partial charge in [-0.1, -0.05) is 25.1 Å². The maximum absolute atomic E-state index is 12.5. The van der Waals surface area contributed by atoms with E-state index in [0.717, 1.165) is 22.4 Å². The van der Waals surface area contributed by atoms with Gasteiger partial charge in [0.05, 0.1) is 12.2 Å². The third-order valence-corrected chi connectivity index (χ3v) is 5.12. The van der Waals surface area contributed by atoms with E-state index < -0.39 is 0 Å². The van der Waals surface area contributed by atoms with Crippen molar-refractivity contribution in [2.75, 3.05) is 20.3 Å². The highest BCUT2D eigenvalue weighted by atomic mass is 16.5. The molecule has 5 nitrogen and oxygen atoms in total. The Labute approximate surface area is 166 Å². The largest absolute Gasteiger partial charge is 0.494 e. The minimum atomic E-state index is -0.137. The van der Waals surface area contributed by atoms with Crippen LogP contribution in [-0.4, -0.2) is 36.9 Å². The van der Waals surface area contributed by atoms with E-state index in [0.29, 0.717) is 30.9 Å². The van der Waals surface area contributed by atoms with Crippen molar-refractivity contribution in [2.24, 2.45) is 0 Å². The standard InChI is InChI=1S/C23H27NO4/c1-5-27-18-9-7-17(8-10-18)13-24(4)21(26)14-28-20-11-6-15(2)22-16(3)12-19(25)23(20)22/h6-11,16H,5,12-14H2,1-4H3/t16-/m0/s1. The molecule has 1 atom stereocenters. The van der Waals surface area contributed by atoms with Crippen LogP contribution in [0.1, 0.15) is 53.2 Å². The Morgan fingerprint density at radius 1 is 1.14 bits per heavy atom. The number of ether oxygens (including phenoxy) is 2. The molecule has 0 fully saturated rings. The Bertz CT molecular complexity index is 873. The highest BCUT2D eigenvalue weighted by Crippen LogP contribution is 2.40. The average Bonchev–Trinajstić information content (AvgIpc) is 2.98. The second kappa shape index (κ2) is 8.46. The molecule has 0 unspecified atom stereocenters. The van der Waals surface area contributed by atoms with Crippen LogP contribution in [-0.2, 0) is 11.3 Å². The van der Waals surface area contributed by atoms with Crippen LogP contribution in [0.3, 0.4) is 0 Å². The summed E-state index contributed by atoms with van der Waals surface area (Å²) in [5, 5.41) is 0. The number of amides is 1. The lowest BCUT2D eigenvalue weighted by atomic mass is 9.97. The van der Waals surface area contributed by atoms with Gasteiger partial charge in [-0.05, 0) is 54.7 Å². The van der Waals surface area contributed by atoms with Gasteiger partial charge < -0.3 is 14.4 Å². The van der Waals surface area contributed by atoms with Crippen LogP contribution in [0.5, 0.6) is 11.5 Å². The van der Waals surface area contributed by atoms with Gasteiger partial charge in [-0.3, -0.25) is 9.59 Å². The smallest absolute Gasteiger partial charge is 0.260 e. The Kier molecular flexibility index (Phi) is 6.02. The first kappa shape index (κ1) is 19.9. The number of aryl methyl sites for hydroxylation is 1. The molecule has 0 spiro atoms. The van der Waals surface area contributed by atoms with E-state index in [9.17, 15) is 9.59 Å². The molecular weight excluding hydrogens is 354 g/mol. The number of carbonyl (C=O) groups excluding carboxylic acids is 2. The highest BCUT2D eigenvalue weighted by Gasteiger charge is 2.31. The van der Waals surface area contributed by atoms with Crippen LogP contribution in [0, 0.1) is 6.92 Å². The first-order valence-corrected chi connectivity index (χ1v) is 9.65. The number of hydrogen-bond donors (Lipinski definition) is 0. The van der Waals surface area contributed by atoms with Crippen LogP contribution in [0.2, 0.25) is 0 Å². The van der Waals surface area contributed by atoms with E-state index in [4.69, 9.17) is 9.47 Å². The number of nitrogens with zero attached hydrogens (tertiary/aromatic N) is 1. The molecule has 0 heterocycles. The quantitative estimate of drug-likeness (QED) is 0.724. The van der Waals surface area contributed by atoms with Gasteiger partial charge in [-0.2, -0.15) is 0 Å². The van der Waals surface area contributed by atoms with Crippen molar-refractivity contribution in [3.8, 4) is 11.5 Å². The summed E-state index contributed by atoms with van der Waals surface area (Å²) < 4.78 is 11.2. The Balaban J connectivity index is 1.62. The summed E-state index contributed by atoms with van der Waals surface area (Å²) in [6.07, 6.45) is 0.502. The summed E-state index contributed by atoms with van der Waals surface area (Å²) in [5.41, 5.74) is 3.81. The zero-order valence-corrected chi connectivity index (χ0v) is 17.0. The van der Waals surface area contributed by atoms with Crippen LogP contribution in [0.25, 0.3) is 0 Å². The maximum Gasteiger partial charge on any atom is 0.260 e. The number of hydrogen-bond acceptors (Lipinski definition) is 4. The predicted molar refractivity (Wildman–Crippen MR) is 108 cm³/mol. The Hall–Kier alpha value is -2.82. The monoisotopic (exact) mass is 381 g/mol. The average molecular weight is 381 g/mol. The zero-order chi connectivity index (χ0) is 20.3. The number of rotatable bonds is 7. The summed E-state index contributed by atoms with van der Waals surface area (Å²) in [7, 11) is 1.74. The van der Waals surface area contributed by atoms with Gasteiger partial charge in [-0.25, -0.2) is 0 Å². The molecule has 1 aliphatic carbocycles. The molecule has 0 bridgehead atoms. The van der Waals surface area contributed by atoms with Crippen LogP contribution < -0.4 is 9.47 Å². The van der Waals surface area contributed by atoms with Crippen molar-refractivity contribution < 1.29 is 19.1 Å². The molecule has 3 rings (SSSR count). The van der Waals surface area contributed by atoms with Crippen LogP contribution in [0.15, 0.2) is 36.4 Å². The third-order valence-electron chi connectivity index (χ3n) is 5.12. The molecule has 2 aromatic rings. The molecule has 0 N–H and O–H groups in total. The molecule has 2 aromatic carbocycles. The van der Waals surface area contributed by atoms with Gasteiger partial charge in [0.1, 0.15) is 11.5 Å². The molecule has 1 amide bonds. The van der Waals surface area contributed by atoms with Crippen molar-refractivity contribution >= 4 is 11.7 Å². The molecule has 0 saturated carbocycles. The van der Waals surface area contributed by atoms with E-state index in [-0.39, 0.29) is 24.2 Å². The maximum atomic E-state index is 12.5. The first-order valence-electron chi connectivity index (χ1n) is 9.65. The molecule has 0 radical (unpaired) electrons. The minimum absolute atomic E-state index is 0.0926. The number of fused-ring (bicyclic) bond motifs is 1. The van der Waals surface area contributed by atoms with E-state index in [1.807, 2.05) is 44.2 Å². The van der Waals surface area contributed by atoms with E-state index in [1.54, 1.807) is 18.0 Å². The van der Waals surface area contributed by atoms with E-state index in [2.05, 4.69) is 6.92 Å². The molecule has 1 aliphatic rings. The minimum Gasteiger partial charge on any atom is -0.494 e. The lowest BCUT2D eigenvalue weighted by Gasteiger charge is -2.19. The van der Waals surface area contributed by atoms with Crippen LogP contribution in [0.4, 0.5) is 0 Å². The fourth-order valence-electron chi connectivity index (χ4n) is 3.70. The van der Waals surface area contributed by atoms with Gasteiger partial charge in [0.25, 0.3) is 5.91 Å². The van der Waals surface area contributed by atoms with Crippen molar-refractivity contribution in [1.29, 1.82) is 0 Å². The fourth-order valence-corrected chi connectivity index (χ4v) is 3.70. The normalized spacial score (nSPS) is 15.3. The second-order valence-corrected chi connectivity index (χ2v) is 7.31. The molecule has 0 aliphatic heterocycles. The molecular formula is C23H27NO4. The summed E-state index contributed by atoms with van der Waals surface area (Å²) in [6, 6.07) is 11.4. The number of Topliss-reactive ketones (excluding diaryl/α,β-unsaturated/α-hetero) is 1. The lowest BCUT2D eigenvalue weighted by molar-refractivity contribution is -0.132.